The number of rotatable bonds is 5. The van der Waals surface area contributed by atoms with Crippen molar-refractivity contribution in [1.29, 1.82) is 0 Å². The number of carboxylic acids is 1. The van der Waals surface area contributed by atoms with E-state index in [4.69, 9.17) is 4.74 Å². The Bertz CT molecular complexity index is 416. The third-order valence-corrected chi connectivity index (χ3v) is 3.65. The summed E-state index contributed by atoms with van der Waals surface area (Å²) in [6.07, 6.45) is 4.72. The number of pyridine rings is 1. The molecule has 0 aliphatic carbocycles. The number of carbonyl (C=O) groups is 1. The average molecular weight is 264 g/mol. The standard InChI is InChI=1S/C14H20N2O3/c1-16(10-12-3-2-6-15-9-12)11-14(13(17)18)4-7-19-8-5-14/h2-3,6,9H,4-5,7-8,10-11H2,1H3,(H,17,18). The molecular formula is C14H20N2O3. The van der Waals surface area contributed by atoms with Gasteiger partial charge in [0.2, 0.25) is 0 Å². The Balaban J connectivity index is 1.99. The molecule has 1 fully saturated rings. The van der Waals surface area contributed by atoms with Crippen LogP contribution in [0.1, 0.15) is 18.4 Å². The fraction of sp³-hybridized carbons (Fsp3) is 0.571. The van der Waals surface area contributed by atoms with Crippen molar-refractivity contribution in [2.45, 2.75) is 19.4 Å². The lowest BCUT2D eigenvalue weighted by molar-refractivity contribution is -0.156. The van der Waals surface area contributed by atoms with Crippen molar-refractivity contribution in [3.8, 4) is 0 Å². The molecule has 2 rings (SSSR count). The van der Waals surface area contributed by atoms with Crippen LogP contribution in [0.15, 0.2) is 24.5 Å². The molecule has 1 aliphatic heterocycles. The molecular weight excluding hydrogens is 244 g/mol. The summed E-state index contributed by atoms with van der Waals surface area (Å²) in [5.74, 6) is -0.714. The van der Waals surface area contributed by atoms with Gasteiger partial charge >= 0.3 is 5.97 Å². The molecule has 1 saturated heterocycles. The van der Waals surface area contributed by atoms with Gasteiger partial charge in [-0.15, -0.1) is 0 Å². The summed E-state index contributed by atoms with van der Waals surface area (Å²) in [5.41, 5.74) is 0.424. The Kier molecular flexibility index (Phi) is 4.50. The predicted molar refractivity (Wildman–Crippen MR) is 70.7 cm³/mol. The van der Waals surface area contributed by atoms with Crippen LogP contribution in [0.2, 0.25) is 0 Å². The molecule has 5 nitrogen and oxygen atoms in total. The smallest absolute Gasteiger partial charge is 0.311 e. The quantitative estimate of drug-likeness (QED) is 0.871. The Morgan fingerprint density at radius 3 is 2.84 bits per heavy atom. The average Bonchev–Trinajstić information content (AvgIpc) is 2.40. The Morgan fingerprint density at radius 2 is 2.26 bits per heavy atom. The lowest BCUT2D eigenvalue weighted by atomic mass is 9.80. The molecule has 1 aromatic heterocycles. The number of aromatic nitrogens is 1. The molecule has 0 bridgehead atoms. The highest BCUT2D eigenvalue weighted by Crippen LogP contribution is 2.32. The molecule has 0 aromatic carbocycles. The first kappa shape index (κ1) is 14.0. The molecule has 0 spiro atoms. The van der Waals surface area contributed by atoms with Crippen molar-refractivity contribution >= 4 is 5.97 Å². The fourth-order valence-corrected chi connectivity index (χ4v) is 2.58. The van der Waals surface area contributed by atoms with Crippen LogP contribution in [-0.2, 0) is 16.1 Å². The summed E-state index contributed by atoms with van der Waals surface area (Å²) in [7, 11) is 1.95. The first-order chi connectivity index (χ1) is 9.12. The van der Waals surface area contributed by atoms with Gasteiger partial charge in [0.15, 0.2) is 0 Å². The highest BCUT2D eigenvalue weighted by Gasteiger charge is 2.40. The molecule has 1 aliphatic rings. The summed E-state index contributed by atoms with van der Waals surface area (Å²) < 4.78 is 5.28. The van der Waals surface area contributed by atoms with Gasteiger partial charge in [0, 0.05) is 38.7 Å². The van der Waals surface area contributed by atoms with E-state index in [0.717, 1.165) is 5.56 Å². The van der Waals surface area contributed by atoms with E-state index >= 15 is 0 Å². The van der Waals surface area contributed by atoms with E-state index in [9.17, 15) is 9.90 Å². The van der Waals surface area contributed by atoms with Gasteiger partial charge in [-0.3, -0.25) is 9.78 Å². The number of aliphatic carboxylic acids is 1. The summed E-state index contributed by atoms with van der Waals surface area (Å²) in [5, 5.41) is 9.51. The topological polar surface area (TPSA) is 62.7 Å². The van der Waals surface area contributed by atoms with E-state index in [1.54, 1.807) is 6.20 Å². The highest BCUT2D eigenvalue weighted by molar-refractivity contribution is 5.75. The zero-order valence-corrected chi connectivity index (χ0v) is 11.2. The molecule has 5 heteroatoms. The maximum atomic E-state index is 11.6. The predicted octanol–water partition coefficient (Wildman–Crippen LogP) is 1.39. The molecule has 0 amide bonds. The van der Waals surface area contributed by atoms with E-state index in [1.807, 2.05) is 25.4 Å². The molecule has 0 unspecified atom stereocenters. The van der Waals surface area contributed by atoms with Crippen LogP contribution in [0.5, 0.6) is 0 Å². The summed E-state index contributed by atoms with van der Waals surface area (Å²) >= 11 is 0. The zero-order chi connectivity index (χ0) is 13.7. The van der Waals surface area contributed by atoms with Gasteiger partial charge in [0.05, 0.1) is 5.41 Å². The van der Waals surface area contributed by atoms with Gasteiger partial charge in [0.1, 0.15) is 0 Å². The van der Waals surface area contributed by atoms with Crippen molar-refractivity contribution in [2.75, 3.05) is 26.8 Å². The second-order valence-corrected chi connectivity index (χ2v) is 5.23. The summed E-state index contributed by atoms with van der Waals surface area (Å²) in [4.78, 5) is 17.7. The number of nitrogens with zero attached hydrogens (tertiary/aromatic N) is 2. The van der Waals surface area contributed by atoms with Gasteiger partial charge in [-0.25, -0.2) is 0 Å². The minimum Gasteiger partial charge on any atom is -0.481 e. The van der Waals surface area contributed by atoms with Crippen LogP contribution < -0.4 is 0 Å². The van der Waals surface area contributed by atoms with Crippen LogP contribution in [-0.4, -0.2) is 47.8 Å². The van der Waals surface area contributed by atoms with E-state index in [2.05, 4.69) is 9.88 Å². The van der Waals surface area contributed by atoms with E-state index in [-0.39, 0.29) is 0 Å². The van der Waals surface area contributed by atoms with Gasteiger partial charge < -0.3 is 14.7 Å². The highest BCUT2D eigenvalue weighted by atomic mass is 16.5. The van der Waals surface area contributed by atoms with E-state index in [0.29, 0.717) is 39.1 Å². The summed E-state index contributed by atoms with van der Waals surface area (Å²) in [6.45, 7) is 2.32. The molecule has 0 saturated carbocycles. The Morgan fingerprint density at radius 1 is 1.53 bits per heavy atom. The lowest BCUT2D eigenvalue weighted by Gasteiger charge is -2.36. The van der Waals surface area contributed by atoms with Gasteiger partial charge in [-0.2, -0.15) is 0 Å². The van der Waals surface area contributed by atoms with Crippen LogP contribution in [0.4, 0.5) is 0 Å². The van der Waals surface area contributed by atoms with Crippen molar-refractivity contribution in [3.05, 3.63) is 30.1 Å². The van der Waals surface area contributed by atoms with Crippen molar-refractivity contribution in [3.63, 3.8) is 0 Å². The Hall–Kier alpha value is -1.46. The molecule has 2 heterocycles. The van der Waals surface area contributed by atoms with Gasteiger partial charge in [-0.1, -0.05) is 6.07 Å². The largest absolute Gasteiger partial charge is 0.481 e. The minimum atomic E-state index is -0.714. The second-order valence-electron chi connectivity index (χ2n) is 5.23. The SMILES string of the molecule is CN(Cc1cccnc1)CC1(C(=O)O)CCOCC1. The lowest BCUT2D eigenvalue weighted by Crippen LogP contribution is -2.45. The molecule has 0 atom stereocenters. The van der Waals surface area contributed by atoms with Crippen molar-refractivity contribution in [1.82, 2.24) is 9.88 Å². The van der Waals surface area contributed by atoms with Crippen LogP contribution in [0, 0.1) is 5.41 Å². The third-order valence-electron chi connectivity index (χ3n) is 3.65. The van der Waals surface area contributed by atoms with E-state index < -0.39 is 11.4 Å². The third kappa shape index (κ3) is 3.52. The Labute approximate surface area is 113 Å². The molecule has 104 valence electrons. The molecule has 1 aromatic rings. The number of hydrogen-bond acceptors (Lipinski definition) is 4. The van der Waals surface area contributed by atoms with Crippen LogP contribution >= 0.6 is 0 Å². The number of carboxylic acid groups (broad SMARTS) is 1. The van der Waals surface area contributed by atoms with E-state index in [1.165, 1.54) is 0 Å². The molecule has 1 N–H and O–H groups in total. The molecule has 19 heavy (non-hydrogen) atoms. The zero-order valence-electron chi connectivity index (χ0n) is 11.2. The van der Waals surface area contributed by atoms with Gasteiger partial charge in [-0.05, 0) is 31.5 Å². The first-order valence-electron chi connectivity index (χ1n) is 6.51. The molecule has 0 radical (unpaired) electrons. The summed E-state index contributed by atoms with van der Waals surface area (Å²) in [6, 6.07) is 3.89. The number of hydrogen-bond donors (Lipinski definition) is 1. The maximum absolute atomic E-state index is 11.6. The fourth-order valence-electron chi connectivity index (χ4n) is 2.58. The second kappa shape index (κ2) is 6.12. The monoisotopic (exact) mass is 264 g/mol. The van der Waals surface area contributed by atoms with Crippen LogP contribution in [0.25, 0.3) is 0 Å². The van der Waals surface area contributed by atoms with Crippen LogP contribution in [0.3, 0.4) is 0 Å². The first-order valence-corrected chi connectivity index (χ1v) is 6.51. The van der Waals surface area contributed by atoms with Crippen molar-refractivity contribution < 1.29 is 14.6 Å². The number of ether oxygens (including phenoxy) is 1. The maximum Gasteiger partial charge on any atom is 0.311 e. The van der Waals surface area contributed by atoms with Gasteiger partial charge in [0.25, 0.3) is 0 Å². The van der Waals surface area contributed by atoms with Crippen molar-refractivity contribution in [2.24, 2.45) is 5.41 Å². The minimum absolute atomic E-state index is 0.535. The normalized spacial score (nSPS) is 18.4.